The van der Waals surface area contributed by atoms with Crippen LogP contribution < -0.4 is 10.2 Å². The number of hydrogen-bond acceptors (Lipinski definition) is 5. The molecule has 30 heavy (non-hydrogen) atoms. The van der Waals surface area contributed by atoms with Crippen molar-refractivity contribution >= 4 is 28.3 Å². The Labute approximate surface area is 171 Å². The Bertz CT molecular complexity index is 1030. The van der Waals surface area contributed by atoms with Crippen molar-refractivity contribution in [3.8, 4) is 0 Å². The van der Waals surface area contributed by atoms with Crippen molar-refractivity contribution < 1.29 is 18.0 Å². The standard InChI is InChI=1S/C21H22F3N5O/c22-21(23,24)15-4-1-5-16(10-15)26-11-17(30)9-14-3-2-8-29(12-14)20-18-6-7-25-19(18)27-13-28-20/h1,4-7,10,13-14,26H,2-3,8-9,11-12H2,(H,25,27,28). The third kappa shape index (κ3) is 4.55. The van der Waals surface area contributed by atoms with E-state index in [2.05, 4.69) is 25.2 Å². The molecule has 0 spiro atoms. The number of ketones is 1. The third-order valence-electron chi connectivity index (χ3n) is 5.35. The van der Waals surface area contributed by atoms with Crippen molar-refractivity contribution in [1.82, 2.24) is 15.0 Å². The molecule has 0 saturated carbocycles. The van der Waals surface area contributed by atoms with Crippen molar-refractivity contribution in [2.24, 2.45) is 5.92 Å². The fourth-order valence-corrected chi connectivity index (χ4v) is 3.94. The van der Waals surface area contributed by atoms with Gasteiger partial charge in [0.2, 0.25) is 0 Å². The first kappa shape index (κ1) is 20.2. The number of alkyl halides is 3. The highest BCUT2D eigenvalue weighted by Crippen LogP contribution is 2.31. The lowest BCUT2D eigenvalue weighted by atomic mass is 9.92. The normalized spacial score (nSPS) is 17.3. The van der Waals surface area contributed by atoms with E-state index in [4.69, 9.17) is 0 Å². The van der Waals surface area contributed by atoms with Crippen LogP contribution in [0.15, 0.2) is 42.9 Å². The van der Waals surface area contributed by atoms with Crippen molar-refractivity contribution in [1.29, 1.82) is 0 Å². The van der Waals surface area contributed by atoms with E-state index in [1.165, 1.54) is 18.5 Å². The molecular weight excluding hydrogens is 395 g/mol. The van der Waals surface area contributed by atoms with Crippen LogP contribution in [0.2, 0.25) is 0 Å². The molecule has 9 heteroatoms. The molecule has 0 bridgehead atoms. The molecule has 4 rings (SSSR count). The van der Waals surface area contributed by atoms with E-state index in [0.717, 1.165) is 48.4 Å². The first-order valence-electron chi connectivity index (χ1n) is 9.86. The zero-order valence-electron chi connectivity index (χ0n) is 16.2. The summed E-state index contributed by atoms with van der Waals surface area (Å²) in [6.07, 6.45) is 1.22. The Balaban J connectivity index is 1.34. The maximum absolute atomic E-state index is 12.8. The van der Waals surface area contributed by atoms with Gasteiger partial charge in [-0.05, 0) is 43.0 Å². The molecular formula is C21H22F3N5O. The molecule has 0 aliphatic carbocycles. The molecule has 1 fully saturated rings. The summed E-state index contributed by atoms with van der Waals surface area (Å²) in [4.78, 5) is 26.3. The predicted molar refractivity (Wildman–Crippen MR) is 108 cm³/mol. The average Bonchev–Trinajstić information content (AvgIpc) is 3.21. The van der Waals surface area contributed by atoms with Crippen LogP contribution in [0.4, 0.5) is 24.7 Å². The van der Waals surface area contributed by atoms with E-state index in [0.29, 0.717) is 18.7 Å². The number of hydrogen-bond donors (Lipinski definition) is 2. The molecule has 1 aromatic carbocycles. The van der Waals surface area contributed by atoms with Crippen molar-refractivity contribution in [2.45, 2.75) is 25.4 Å². The van der Waals surface area contributed by atoms with Crippen LogP contribution in [0.1, 0.15) is 24.8 Å². The van der Waals surface area contributed by atoms with Gasteiger partial charge in [-0.2, -0.15) is 13.2 Å². The van der Waals surface area contributed by atoms with Crippen LogP contribution in [0, 0.1) is 5.92 Å². The molecule has 2 N–H and O–H groups in total. The molecule has 1 saturated heterocycles. The van der Waals surface area contributed by atoms with E-state index in [1.54, 1.807) is 0 Å². The molecule has 1 aliphatic rings. The van der Waals surface area contributed by atoms with Crippen molar-refractivity contribution in [3.63, 3.8) is 0 Å². The van der Waals surface area contributed by atoms with Crippen LogP contribution in [0.25, 0.3) is 11.0 Å². The van der Waals surface area contributed by atoms with E-state index in [9.17, 15) is 18.0 Å². The minimum absolute atomic E-state index is 0.00731. The molecule has 0 amide bonds. The largest absolute Gasteiger partial charge is 0.416 e. The second-order valence-electron chi connectivity index (χ2n) is 7.57. The maximum Gasteiger partial charge on any atom is 0.416 e. The van der Waals surface area contributed by atoms with Crippen LogP contribution in [0.3, 0.4) is 0 Å². The fraction of sp³-hybridized carbons (Fsp3) is 0.381. The van der Waals surface area contributed by atoms with Crippen molar-refractivity contribution in [2.75, 3.05) is 29.9 Å². The number of nitrogens with one attached hydrogen (secondary N) is 2. The number of Topliss-reactive ketones (excluding diaryl/α,β-unsaturated/α-hetero) is 1. The molecule has 3 aromatic rings. The summed E-state index contributed by atoms with van der Waals surface area (Å²) in [6, 6.07) is 6.84. The zero-order valence-corrected chi connectivity index (χ0v) is 16.2. The van der Waals surface area contributed by atoms with Gasteiger partial charge >= 0.3 is 6.18 Å². The highest BCUT2D eigenvalue weighted by molar-refractivity contribution is 5.87. The van der Waals surface area contributed by atoms with Gasteiger partial charge in [-0.1, -0.05) is 6.07 Å². The summed E-state index contributed by atoms with van der Waals surface area (Å²) >= 11 is 0. The summed E-state index contributed by atoms with van der Waals surface area (Å²) in [5.41, 5.74) is 0.339. The monoisotopic (exact) mass is 417 g/mol. The number of halogens is 3. The predicted octanol–water partition coefficient (Wildman–Crippen LogP) is 4.26. The number of piperidine rings is 1. The van der Waals surface area contributed by atoms with Gasteiger partial charge < -0.3 is 15.2 Å². The Morgan fingerprint density at radius 1 is 1.27 bits per heavy atom. The molecule has 1 aliphatic heterocycles. The smallest absolute Gasteiger partial charge is 0.378 e. The number of carbonyl (C=O) groups excluding carboxylic acids is 1. The summed E-state index contributed by atoms with van der Waals surface area (Å²) in [5.74, 6) is 1.02. The van der Waals surface area contributed by atoms with Crippen LogP contribution >= 0.6 is 0 Å². The first-order chi connectivity index (χ1) is 14.4. The Kier molecular flexibility index (Phi) is 5.61. The summed E-state index contributed by atoms with van der Waals surface area (Å²) in [5, 5.41) is 3.78. The quantitative estimate of drug-likeness (QED) is 0.627. The number of benzene rings is 1. The summed E-state index contributed by atoms with van der Waals surface area (Å²) in [6.45, 7) is 1.59. The van der Waals surface area contributed by atoms with E-state index < -0.39 is 11.7 Å². The minimum Gasteiger partial charge on any atom is -0.378 e. The van der Waals surface area contributed by atoms with Gasteiger partial charge in [-0.3, -0.25) is 4.79 Å². The van der Waals surface area contributed by atoms with Gasteiger partial charge in [0.25, 0.3) is 0 Å². The lowest BCUT2D eigenvalue weighted by Gasteiger charge is -2.33. The van der Waals surface area contributed by atoms with Crippen molar-refractivity contribution in [3.05, 3.63) is 48.4 Å². The molecule has 158 valence electrons. The molecule has 0 radical (unpaired) electrons. The number of rotatable bonds is 6. The summed E-state index contributed by atoms with van der Waals surface area (Å²) in [7, 11) is 0. The number of aromatic nitrogens is 3. The first-order valence-corrected chi connectivity index (χ1v) is 9.86. The SMILES string of the molecule is O=C(CNc1cccc(C(F)(F)F)c1)CC1CCCN(c2ncnc3[nH]ccc23)C1. The molecule has 6 nitrogen and oxygen atoms in total. The Morgan fingerprint density at radius 2 is 2.13 bits per heavy atom. The molecule has 1 atom stereocenters. The Hall–Kier alpha value is -3.10. The van der Waals surface area contributed by atoms with Crippen LogP contribution in [-0.4, -0.2) is 40.4 Å². The molecule has 1 unspecified atom stereocenters. The number of aromatic amines is 1. The maximum atomic E-state index is 12.8. The van der Waals surface area contributed by atoms with Gasteiger partial charge in [0.05, 0.1) is 17.5 Å². The van der Waals surface area contributed by atoms with Gasteiger partial charge in [0.1, 0.15) is 17.8 Å². The van der Waals surface area contributed by atoms with E-state index >= 15 is 0 Å². The third-order valence-corrected chi connectivity index (χ3v) is 5.35. The topological polar surface area (TPSA) is 73.9 Å². The lowest BCUT2D eigenvalue weighted by Crippen LogP contribution is -2.37. The zero-order chi connectivity index (χ0) is 21.1. The average molecular weight is 417 g/mol. The lowest BCUT2D eigenvalue weighted by molar-refractivity contribution is -0.137. The fourth-order valence-electron chi connectivity index (χ4n) is 3.94. The highest BCUT2D eigenvalue weighted by atomic mass is 19.4. The second kappa shape index (κ2) is 8.33. The Morgan fingerprint density at radius 3 is 2.97 bits per heavy atom. The number of anilines is 2. The van der Waals surface area contributed by atoms with Gasteiger partial charge in [-0.25, -0.2) is 9.97 Å². The minimum atomic E-state index is -4.40. The highest BCUT2D eigenvalue weighted by Gasteiger charge is 2.30. The molecule has 3 heterocycles. The van der Waals surface area contributed by atoms with Crippen LogP contribution in [-0.2, 0) is 11.0 Å². The number of fused-ring (bicyclic) bond motifs is 1. The number of H-pyrrole nitrogens is 1. The van der Waals surface area contributed by atoms with E-state index in [-0.39, 0.29) is 18.2 Å². The van der Waals surface area contributed by atoms with E-state index in [1.807, 2.05) is 12.3 Å². The van der Waals surface area contributed by atoms with Crippen LogP contribution in [0.5, 0.6) is 0 Å². The summed E-state index contributed by atoms with van der Waals surface area (Å²) < 4.78 is 38.5. The number of carbonyl (C=O) groups is 1. The number of nitrogens with zero attached hydrogens (tertiary/aromatic N) is 3. The van der Waals surface area contributed by atoms with Gasteiger partial charge in [-0.15, -0.1) is 0 Å². The molecule has 2 aromatic heterocycles. The van der Waals surface area contributed by atoms with Gasteiger partial charge in [0.15, 0.2) is 5.78 Å². The second-order valence-corrected chi connectivity index (χ2v) is 7.57. The van der Waals surface area contributed by atoms with Gasteiger partial charge in [0, 0.05) is 31.4 Å².